The van der Waals surface area contributed by atoms with Gasteiger partial charge < -0.3 is 0 Å². The molecule has 0 spiro atoms. The number of benzene rings is 1. The van der Waals surface area contributed by atoms with E-state index in [0.717, 1.165) is 4.31 Å². The van der Waals surface area contributed by atoms with Crippen molar-refractivity contribution in [2.45, 2.75) is 6.92 Å². The van der Waals surface area contributed by atoms with Crippen LogP contribution in [-0.2, 0) is 17.3 Å². The zero-order valence-corrected chi connectivity index (χ0v) is 13.2. The summed E-state index contributed by atoms with van der Waals surface area (Å²) in [6.45, 7) is 1.69. The number of hydrogen-bond acceptors (Lipinski definition) is 3. The first-order chi connectivity index (χ1) is 9.75. The molecule has 0 atom stereocenters. The molecule has 0 radical (unpaired) electrons. The van der Waals surface area contributed by atoms with E-state index >= 15 is 0 Å². The molecule has 0 aliphatic rings. The molecule has 1 N–H and O–H groups in total. The zero-order valence-electron chi connectivity index (χ0n) is 12.4. The second-order valence-corrected chi connectivity index (χ2v) is 6.71. The van der Waals surface area contributed by atoms with Crippen LogP contribution in [0.2, 0.25) is 0 Å². The first-order valence-electron chi connectivity index (χ1n) is 6.30. The average molecular weight is 310 g/mol. The average Bonchev–Trinajstić information content (AvgIpc) is 2.63. The van der Waals surface area contributed by atoms with Crippen molar-refractivity contribution in [3.05, 3.63) is 46.4 Å². The molecule has 0 saturated carbocycles. The predicted octanol–water partition coefficient (Wildman–Crippen LogP) is 0.703. The molecule has 0 amide bonds. The van der Waals surface area contributed by atoms with Gasteiger partial charge in [0.15, 0.2) is 0 Å². The molecule has 8 heteroatoms. The Morgan fingerprint density at radius 3 is 2.24 bits per heavy atom. The molecule has 2 aromatic rings. The van der Waals surface area contributed by atoms with Crippen molar-refractivity contribution in [2.75, 3.05) is 18.8 Å². The molecule has 114 valence electrons. The summed E-state index contributed by atoms with van der Waals surface area (Å²) in [6, 6.07) is 9.04. The largest absolute Gasteiger partial charge is 0.301 e. The van der Waals surface area contributed by atoms with E-state index in [1.165, 1.54) is 18.8 Å². The summed E-state index contributed by atoms with van der Waals surface area (Å²) in [6.07, 6.45) is 0. The van der Waals surface area contributed by atoms with Gasteiger partial charge in [0.25, 0.3) is 5.56 Å². The Morgan fingerprint density at radius 2 is 1.71 bits per heavy atom. The Bertz CT molecular complexity index is 804. The molecular weight excluding hydrogens is 292 g/mol. The molecule has 21 heavy (non-hydrogen) atoms. The molecule has 0 bridgehead atoms. The molecule has 2 rings (SSSR count). The maximum absolute atomic E-state index is 12.5. The lowest BCUT2D eigenvalue weighted by Crippen LogP contribution is -2.31. The zero-order chi connectivity index (χ0) is 15.8. The Hall–Kier alpha value is -2.06. The maximum Gasteiger partial charge on any atom is 0.301 e. The fourth-order valence-electron chi connectivity index (χ4n) is 1.91. The van der Waals surface area contributed by atoms with Gasteiger partial charge in [0.2, 0.25) is 0 Å². The molecule has 1 heterocycles. The van der Waals surface area contributed by atoms with E-state index in [9.17, 15) is 13.2 Å². The van der Waals surface area contributed by atoms with E-state index < -0.39 is 15.8 Å². The summed E-state index contributed by atoms with van der Waals surface area (Å²) in [5.41, 5.74) is 0.847. The number of nitrogens with one attached hydrogen (secondary N) is 1. The molecular formula is C13H18N4O3S. The van der Waals surface area contributed by atoms with Crippen molar-refractivity contribution in [3.8, 4) is 5.69 Å². The number of anilines is 1. The second-order valence-electron chi connectivity index (χ2n) is 4.83. The lowest BCUT2D eigenvalue weighted by atomic mass is 10.3. The summed E-state index contributed by atoms with van der Waals surface area (Å²) in [5.74, 6) is 0. The van der Waals surface area contributed by atoms with Crippen molar-refractivity contribution in [1.82, 2.24) is 13.7 Å². The van der Waals surface area contributed by atoms with Crippen molar-refractivity contribution in [1.29, 1.82) is 0 Å². The Labute approximate surface area is 123 Å². The third-order valence-electron chi connectivity index (χ3n) is 3.27. The summed E-state index contributed by atoms with van der Waals surface area (Å²) in [7, 11) is 0.779. The van der Waals surface area contributed by atoms with E-state index in [1.54, 1.807) is 30.8 Å². The Kier molecular flexibility index (Phi) is 3.93. The minimum atomic E-state index is -3.73. The number of hydrogen-bond donors (Lipinski definition) is 1. The normalized spacial score (nSPS) is 11.9. The first-order valence-corrected chi connectivity index (χ1v) is 7.74. The third kappa shape index (κ3) is 2.72. The minimum Gasteiger partial charge on any atom is -0.283 e. The highest BCUT2D eigenvalue weighted by atomic mass is 32.2. The summed E-state index contributed by atoms with van der Waals surface area (Å²) < 4.78 is 30.2. The topological polar surface area (TPSA) is 76.3 Å². The fourth-order valence-corrected chi connectivity index (χ4v) is 2.58. The number of rotatable bonds is 4. The van der Waals surface area contributed by atoms with Gasteiger partial charge in [-0.1, -0.05) is 18.2 Å². The van der Waals surface area contributed by atoms with Gasteiger partial charge in [-0.3, -0.25) is 14.2 Å². The van der Waals surface area contributed by atoms with Crippen LogP contribution in [0.5, 0.6) is 0 Å². The van der Waals surface area contributed by atoms with Gasteiger partial charge in [-0.2, -0.15) is 12.7 Å². The van der Waals surface area contributed by atoms with Crippen molar-refractivity contribution in [2.24, 2.45) is 7.05 Å². The molecule has 0 aliphatic carbocycles. The second kappa shape index (κ2) is 5.38. The van der Waals surface area contributed by atoms with E-state index in [2.05, 4.69) is 4.72 Å². The smallest absolute Gasteiger partial charge is 0.283 e. The lowest BCUT2D eigenvalue weighted by molar-refractivity contribution is 0.526. The van der Waals surface area contributed by atoms with Crippen LogP contribution in [-0.4, -0.2) is 36.2 Å². The minimum absolute atomic E-state index is 0.0510. The van der Waals surface area contributed by atoms with E-state index in [0.29, 0.717) is 11.4 Å². The Balaban J connectivity index is 2.60. The Morgan fingerprint density at radius 1 is 1.14 bits per heavy atom. The number of aromatic nitrogens is 2. The molecule has 0 fully saturated rings. The molecule has 7 nitrogen and oxygen atoms in total. The SMILES string of the molecule is Cc1c(NS(=O)(=O)N(C)C)c(=O)n(-c2ccccc2)n1C. The molecule has 0 saturated heterocycles. The van der Waals surface area contributed by atoms with E-state index in [-0.39, 0.29) is 5.69 Å². The number of para-hydroxylation sites is 1. The van der Waals surface area contributed by atoms with Crippen LogP contribution in [0.4, 0.5) is 5.69 Å². The number of nitrogens with zero attached hydrogens (tertiary/aromatic N) is 3. The fraction of sp³-hybridized carbons (Fsp3) is 0.308. The molecule has 1 aromatic heterocycles. The van der Waals surface area contributed by atoms with Gasteiger partial charge in [0.1, 0.15) is 5.69 Å². The summed E-state index contributed by atoms with van der Waals surface area (Å²) >= 11 is 0. The standard InChI is InChI=1S/C13H18N4O3S/c1-10-12(14-21(19,20)15(2)3)13(18)17(16(10)4)11-8-6-5-7-9-11/h5-9,14H,1-4H3. The van der Waals surface area contributed by atoms with Gasteiger partial charge in [-0.25, -0.2) is 4.68 Å². The maximum atomic E-state index is 12.5. The highest BCUT2D eigenvalue weighted by Gasteiger charge is 2.22. The summed E-state index contributed by atoms with van der Waals surface area (Å²) in [4.78, 5) is 12.5. The van der Waals surface area contributed by atoms with Crippen molar-refractivity contribution >= 4 is 15.9 Å². The third-order valence-corrected chi connectivity index (χ3v) is 4.69. The van der Waals surface area contributed by atoms with Gasteiger partial charge >= 0.3 is 10.2 Å². The summed E-state index contributed by atoms with van der Waals surface area (Å²) in [5, 5.41) is 0. The van der Waals surface area contributed by atoms with Crippen LogP contribution in [0.3, 0.4) is 0 Å². The first kappa shape index (κ1) is 15.3. The monoisotopic (exact) mass is 310 g/mol. The molecule has 0 aliphatic heterocycles. The van der Waals surface area contributed by atoms with Gasteiger partial charge in [0, 0.05) is 21.1 Å². The van der Waals surface area contributed by atoms with Crippen molar-refractivity contribution in [3.63, 3.8) is 0 Å². The molecule has 0 unspecified atom stereocenters. The quantitative estimate of drug-likeness (QED) is 0.903. The van der Waals surface area contributed by atoms with Crippen LogP contribution in [0.15, 0.2) is 35.1 Å². The van der Waals surface area contributed by atoms with E-state index in [4.69, 9.17) is 0 Å². The highest BCUT2D eigenvalue weighted by molar-refractivity contribution is 7.90. The molecule has 1 aromatic carbocycles. The van der Waals surface area contributed by atoms with Crippen LogP contribution in [0.25, 0.3) is 5.69 Å². The lowest BCUT2D eigenvalue weighted by Gasteiger charge is -2.12. The van der Waals surface area contributed by atoms with Crippen LogP contribution >= 0.6 is 0 Å². The van der Waals surface area contributed by atoms with Gasteiger partial charge in [-0.15, -0.1) is 0 Å². The van der Waals surface area contributed by atoms with Gasteiger partial charge in [-0.05, 0) is 19.1 Å². The highest BCUT2D eigenvalue weighted by Crippen LogP contribution is 2.15. The predicted molar refractivity (Wildman–Crippen MR) is 82.0 cm³/mol. The van der Waals surface area contributed by atoms with Gasteiger partial charge in [0.05, 0.1) is 11.4 Å². The van der Waals surface area contributed by atoms with Crippen LogP contribution in [0, 0.1) is 6.92 Å². The van der Waals surface area contributed by atoms with Crippen molar-refractivity contribution < 1.29 is 8.42 Å². The van der Waals surface area contributed by atoms with Crippen LogP contribution < -0.4 is 10.3 Å². The van der Waals surface area contributed by atoms with E-state index in [1.807, 2.05) is 18.2 Å². The van der Waals surface area contributed by atoms with Crippen LogP contribution in [0.1, 0.15) is 5.69 Å².